The number of likely N-dealkylation sites (N-methyl/N-ethyl adjacent to an activating group) is 1. The Morgan fingerprint density at radius 2 is 2.25 bits per heavy atom. The van der Waals surface area contributed by atoms with Crippen molar-refractivity contribution < 1.29 is 4.74 Å². The van der Waals surface area contributed by atoms with E-state index in [1.54, 1.807) is 0 Å². The molecule has 0 spiro atoms. The number of ether oxygens (including phenoxy) is 1. The quantitative estimate of drug-likeness (QED) is 0.640. The number of rotatable bonds is 5. The van der Waals surface area contributed by atoms with Gasteiger partial charge in [-0.25, -0.2) is 0 Å². The summed E-state index contributed by atoms with van der Waals surface area (Å²) in [6.45, 7) is 6.10. The maximum atomic E-state index is 7.48. The van der Waals surface area contributed by atoms with Gasteiger partial charge in [0.05, 0.1) is 11.7 Å². The van der Waals surface area contributed by atoms with Gasteiger partial charge in [-0.15, -0.1) is 0 Å². The molecule has 20 heavy (non-hydrogen) atoms. The Balaban J connectivity index is 1.90. The standard InChI is InChI=1S/C16H25N3O/c1-16(2)8-7-14(20-16)11-19(3)10-12-5-4-6-13(9-12)15(17)18/h4-6,9,14H,7-8,10-11H2,1-3H3,(H3,17,18). The van der Waals surface area contributed by atoms with Gasteiger partial charge in [0.15, 0.2) is 0 Å². The maximum absolute atomic E-state index is 7.48. The van der Waals surface area contributed by atoms with E-state index < -0.39 is 0 Å². The molecule has 3 N–H and O–H groups in total. The molecule has 4 nitrogen and oxygen atoms in total. The molecule has 0 aliphatic carbocycles. The Labute approximate surface area is 121 Å². The van der Waals surface area contributed by atoms with E-state index in [1.165, 1.54) is 5.56 Å². The first kappa shape index (κ1) is 15.0. The van der Waals surface area contributed by atoms with Crippen molar-refractivity contribution in [2.45, 2.75) is 44.9 Å². The van der Waals surface area contributed by atoms with Crippen molar-refractivity contribution in [2.75, 3.05) is 13.6 Å². The third-order valence-corrected chi connectivity index (χ3v) is 3.76. The number of benzene rings is 1. The number of nitrogens with two attached hydrogens (primary N) is 1. The maximum Gasteiger partial charge on any atom is 0.122 e. The van der Waals surface area contributed by atoms with Crippen LogP contribution >= 0.6 is 0 Å². The third-order valence-electron chi connectivity index (χ3n) is 3.76. The van der Waals surface area contributed by atoms with Crippen molar-refractivity contribution >= 4 is 5.84 Å². The topological polar surface area (TPSA) is 62.3 Å². The Kier molecular flexibility index (Phi) is 4.45. The Morgan fingerprint density at radius 3 is 2.85 bits per heavy atom. The van der Waals surface area contributed by atoms with Gasteiger partial charge in [0.1, 0.15) is 5.84 Å². The fourth-order valence-electron chi connectivity index (χ4n) is 2.77. The molecular weight excluding hydrogens is 250 g/mol. The van der Waals surface area contributed by atoms with E-state index >= 15 is 0 Å². The summed E-state index contributed by atoms with van der Waals surface area (Å²) in [6.07, 6.45) is 2.59. The molecule has 1 aromatic carbocycles. The minimum absolute atomic E-state index is 0.0278. The lowest BCUT2D eigenvalue weighted by Crippen LogP contribution is -2.30. The van der Waals surface area contributed by atoms with Gasteiger partial charge < -0.3 is 10.5 Å². The number of nitrogens with one attached hydrogen (secondary N) is 1. The number of amidine groups is 1. The largest absolute Gasteiger partial charge is 0.384 e. The normalized spacial score (nSPS) is 21.3. The summed E-state index contributed by atoms with van der Waals surface area (Å²) >= 11 is 0. The SMILES string of the molecule is CN(Cc1cccc(C(=N)N)c1)CC1CCC(C)(C)O1. The molecule has 1 aliphatic rings. The Hall–Kier alpha value is -1.39. The smallest absolute Gasteiger partial charge is 0.122 e. The molecule has 1 heterocycles. The Bertz CT molecular complexity index is 484. The summed E-state index contributed by atoms with van der Waals surface area (Å²) in [4.78, 5) is 2.27. The van der Waals surface area contributed by atoms with E-state index in [1.807, 2.05) is 18.2 Å². The highest BCUT2D eigenvalue weighted by molar-refractivity contribution is 5.95. The second-order valence-electron chi connectivity index (χ2n) is 6.35. The van der Waals surface area contributed by atoms with E-state index in [0.29, 0.717) is 6.10 Å². The summed E-state index contributed by atoms with van der Waals surface area (Å²) in [6, 6.07) is 7.88. The average molecular weight is 275 g/mol. The highest BCUT2D eigenvalue weighted by Gasteiger charge is 2.31. The first-order valence-corrected chi connectivity index (χ1v) is 7.15. The number of nitrogens with zero attached hydrogens (tertiary/aromatic N) is 1. The lowest BCUT2D eigenvalue weighted by molar-refractivity contribution is -0.0267. The van der Waals surface area contributed by atoms with Crippen LogP contribution in [-0.2, 0) is 11.3 Å². The third kappa shape index (κ3) is 4.05. The first-order chi connectivity index (χ1) is 9.35. The molecule has 4 heteroatoms. The van der Waals surface area contributed by atoms with E-state index in [9.17, 15) is 0 Å². The van der Waals surface area contributed by atoms with Crippen molar-refractivity contribution in [3.05, 3.63) is 35.4 Å². The molecule has 1 unspecified atom stereocenters. The minimum atomic E-state index is 0.0278. The van der Waals surface area contributed by atoms with Gasteiger partial charge in [-0.1, -0.05) is 18.2 Å². The minimum Gasteiger partial charge on any atom is -0.384 e. The zero-order chi connectivity index (χ0) is 14.8. The Morgan fingerprint density at radius 1 is 1.50 bits per heavy atom. The highest BCUT2D eigenvalue weighted by atomic mass is 16.5. The van der Waals surface area contributed by atoms with E-state index in [4.69, 9.17) is 15.9 Å². The molecule has 1 aromatic rings. The van der Waals surface area contributed by atoms with Crippen LogP contribution in [0.2, 0.25) is 0 Å². The number of hydrogen-bond acceptors (Lipinski definition) is 3. The van der Waals surface area contributed by atoms with Crippen LogP contribution in [0.3, 0.4) is 0 Å². The van der Waals surface area contributed by atoms with Crippen LogP contribution in [0, 0.1) is 5.41 Å². The summed E-state index contributed by atoms with van der Waals surface area (Å²) in [5.74, 6) is 0.121. The van der Waals surface area contributed by atoms with Crippen LogP contribution in [0.1, 0.15) is 37.8 Å². The van der Waals surface area contributed by atoms with Crippen molar-refractivity contribution in [1.29, 1.82) is 5.41 Å². The fraction of sp³-hybridized carbons (Fsp3) is 0.562. The summed E-state index contributed by atoms with van der Waals surface area (Å²) in [5.41, 5.74) is 7.52. The van der Waals surface area contributed by atoms with E-state index in [2.05, 4.69) is 31.9 Å². The molecule has 0 bridgehead atoms. The molecule has 1 atom stereocenters. The molecule has 0 aromatic heterocycles. The number of nitrogen functional groups attached to an aromatic ring is 1. The molecular formula is C16H25N3O. The van der Waals surface area contributed by atoms with Crippen molar-refractivity contribution in [3.63, 3.8) is 0 Å². The lowest BCUT2D eigenvalue weighted by Gasteiger charge is -2.24. The molecule has 0 amide bonds. The van der Waals surface area contributed by atoms with Crippen LogP contribution < -0.4 is 5.73 Å². The molecule has 1 aliphatic heterocycles. The molecule has 1 fully saturated rings. The second-order valence-corrected chi connectivity index (χ2v) is 6.35. The van der Waals surface area contributed by atoms with Gasteiger partial charge in [0.2, 0.25) is 0 Å². The average Bonchev–Trinajstić information content (AvgIpc) is 2.68. The summed E-state index contributed by atoms with van der Waals surface area (Å²) in [7, 11) is 2.11. The fourth-order valence-corrected chi connectivity index (χ4v) is 2.77. The van der Waals surface area contributed by atoms with Gasteiger partial charge in [0, 0.05) is 18.7 Å². The van der Waals surface area contributed by atoms with Gasteiger partial charge >= 0.3 is 0 Å². The summed E-state index contributed by atoms with van der Waals surface area (Å²) in [5, 5.41) is 7.48. The molecule has 0 radical (unpaired) electrons. The molecule has 110 valence electrons. The van der Waals surface area contributed by atoms with Crippen molar-refractivity contribution in [1.82, 2.24) is 4.90 Å². The zero-order valence-electron chi connectivity index (χ0n) is 12.6. The summed E-state index contributed by atoms with van der Waals surface area (Å²) < 4.78 is 6.02. The van der Waals surface area contributed by atoms with E-state index in [0.717, 1.165) is 31.5 Å². The van der Waals surface area contributed by atoms with E-state index in [-0.39, 0.29) is 11.4 Å². The highest BCUT2D eigenvalue weighted by Crippen LogP contribution is 2.29. The van der Waals surface area contributed by atoms with Gasteiger partial charge in [-0.3, -0.25) is 10.3 Å². The second kappa shape index (κ2) is 5.94. The van der Waals surface area contributed by atoms with Gasteiger partial charge in [-0.2, -0.15) is 0 Å². The predicted octanol–water partition coefficient (Wildman–Crippen LogP) is 2.36. The molecule has 0 saturated carbocycles. The van der Waals surface area contributed by atoms with Gasteiger partial charge in [-0.05, 0) is 45.4 Å². The van der Waals surface area contributed by atoms with Crippen LogP contribution in [0.15, 0.2) is 24.3 Å². The lowest BCUT2D eigenvalue weighted by atomic mass is 10.1. The van der Waals surface area contributed by atoms with Crippen LogP contribution in [-0.4, -0.2) is 36.0 Å². The molecule has 2 rings (SSSR count). The monoisotopic (exact) mass is 275 g/mol. The van der Waals surface area contributed by atoms with Crippen LogP contribution in [0.5, 0.6) is 0 Å². The molecule has 1 saturated heterocycles. The van der Waals surface area contributed by atoms with Gasteiger partial charge in [0.25, 0.3) is 0 Å². The van der Waals surface area contributed by atoms with Crippen LogP contribution in [0.25, 0.3) is 0 Å². The van der Waals surface area contributed by atoms with Crippen molar-refractivity contribution in [3.8, 4) is 0 Å². The predicted molar refractivity (Wildman–Crippen MR) is 82.0 cm³/mol. The van der Waals surface area contributed by atoms with Crippen molar-refractivity contribution in [2.24, 2.45) is 5.73 Å². The number of hydrogen-bond donors (Lipinski definition) is 2. The first-order valence-electron chi connectivity index (χ1n) is 7.15. The van der Waals surface area contributed by atoms with Crippen LogP contribution in [0.4, 0.5) is 0 Å². The zero-order valence-corrected chi connectivity index (χ0v) is 12.6.